The molecule has 37 heavy (non-hydrogen) atoms. The van der Waals surface area contributed by atoms with Gasteiger partial charge in [0.25, 0.3) is 9.04 Å². The van der Waals surface area contributed by atoms with Crippen LogP contribution in [0.4, 0.5) is 0 Å². The second-order valence-corrected chi connectivity index (χ2v) is 15.4. The first kappa shape index (κ1) is 24.7. The lowest BCUT2D eigenvalue weighted by Gasteiger charge is -2.58. The van der Waals surface area contributed by atoms with E-state index >= 15 is 0 Å². The van der Waals surface area contributed by atoms with Crippen molar-refractivity contribution < 1.29 is 14.3 Å². The number of aromatic carboxylic acids is 1. The Bertz CT molecular complexity index is 1350. The minimum absolute atomic E-state index is 0.0420. The minimum Gasteiger partial charge on any atom is -0.542 e. The van der Waals surface area contributed by atoms with Crippen LogP contribution in [0.25, 0.3) is 21.9 Å². The number of hydrogen-bond donors (Lipinski definition) is 1. The second-order valence-electron chi connectivity index (χ2n) is 13.4. The highest BCUT2D eigenvalue weighted by Gasteiger charge is 2.54. The molecule has 1 radical (unpaired) electrons. The second kappa shape index (κ2) is 8.73. The van der Waals surface area contributed by atoms with Gasteiger partial charge in [-0.15, -0.1) is 0 Å². The summed E-state index contributed by atoms with van der Waals surface area (Å²) in [7, 11) is -0.992. The highest BCUT2D eigenvalue weighted by Crippen LogP contribution is 2.63. The Hall–Kier alpha value is -2.59. The van der Waals surface area contributed by atoms with Crippen molar-refractivity contribution in [1.82, 2.24) is 0 Å². The fourth-order valence-electron chi connectivity index (χ4n) is 8.23. The molecule has 193 valence electrons. The van der Waals surface area contributed by atoms with Crippen molar-refractivity contribution >= 4 is 25.8 Å². The summed E-state index contributed by atoms with van der Waals surface area (Å²) < 4.78 is 6.94. The Morgan fingerprint density at radius 1 is 0.892 bits per heavy atom. The van der Waals surface area contributed by atoms with E-state index in [1.165, 1.54) is 55.2 Å². The summed E-state index contributed by atoms with van der Waals surface area (Å²) in [4.78, 5) is 11.5. The first-order valence-electron chi connectivity index (χ1n) is 14.0. The number of carboxylic acid groups (broad SMARTS) is 1. The molecule has 0 aliphatic heterocycles. The third-order valence-corrected chi connectivity index (χ3v) is 9.85. The Labute approximate surface area is 223 Å². The summed E-state index contributed by atoms with van der Waals surface area (Å²) >= 11 is 0. The molecule has 4 aliphatic carbocycles. The molecule has 0 spiro atoms. The van der Waals surface area contributed by atoms with Gasteiger partial charge in [0.2, 0.25) is 0 Å². The van der Waals surface area contributed by atoms with Gasteiger partial charge in [-0.25, -0.2) is 4.79 Å². The topological polar surface area (TPSA) is 46.5 Å². The van der Waals surface area contributed by atoms with E-state index in [2.05, 4.69) is 64.2 Å². The van der Waals surface area contributed by atoms with E-state index in [1.807, 2.05) is 6.07 Å². The monoisotopic (exact) mass is 511 g/mol. The molecule has 3 aromatic rings. The maximum atomic E-state index is 11.5. The lowest BCUT2D eigenvalue weighted by Crippen LogP contribution is -2.49. The van der Waals surface area contributed by atoms with E-state index < -0.39 is 15.0 Å². The molecular formula is C33H39O3Si. The zero-order valence-electron chi connectivity index (χ0n) is 22.9. The summed E-state index contributed by atoms with van der Waals surface area (Å²) in [5.74, 6) is 2.85. The van der Waals surface area contributed by atoms with E-state index in [9.17, 15) is 9.90 Å². The Morgan fingerprint density at radius 3 is 2.05 bits per heavy atom. The first-order chi connectivity index (χ1) is 17.5. The number of benzene rings is 3. The molecular weight excluding hydrogens is 472 g/mol. The van der Waals surface area contributed by atoms with E-state index in [1.54, 1.807) is 12.1 Å². The van der Waals surface area contributed by atoms with Crippen molar-refractivity contribution in [3.63, 3.8) is 0 Å². The first-order valence-corrected chi connectivity index (χ1v) is 16.4. The molecule has 3 aromatic carbocycles. The molecule has 1 N–H and O–H groups in total. The Kier molecular flexibility index (Phi) is 5.83. The summed E-state index contributed by atoms with van der Waals surface area (Å²) in [5.41, 5.74) is 5.92. The SMILES string of the molecule is C[Si](C)Oc1c(-c2ccc3cc(C(=O)O)ccc3c2)ccc(C(C)(C)C)c1C12CC3CC(CC(C3)C1)C2. The smallest absolute Gasteiger partial charge is 0.335 e. The van der Waals surface area contributed by atoms with E-state index in [0.717, 1.165) is 39.8 Å². The quantitative estimate of drug-likeness (QED) is 0.349. The number of carbonyl (C=O) groups is 1. The fraction of sp³-hybridized carbons (Fsp3) is 0.485. The van der Waals surface area contributed by atoms with Crippen LogP contribution in [0.5, 0.6) is 5.75 Å². The van der Waals surface area contributed by atoms with Crippen LogP contribution in [-0.2, 0) is 10.8 Å². The number of fused-ring (bicyclic) bond motifs is 1. The fourth-order valence-corrected chi connectivity index (χ4v) is 8.86. The van der Waals surface area contributed by atoms with Gasteiger partial charge in [0.1, 0.15) is 5.75 Å². The van der Waals surface area contributed by atoms with E-state index in [0.29, 0.717) is 5.56 Å². The third kappa shape index (κ3) is 4.31. The Morgan fingerprint density at radius 2 is 1.49 bits per heavy atom. The van der Waals surface area contributed by atoms with Gasteiger partial charge >= 0.3 is 5.97 Å². The zero-order chi connectivity index (χ0) is 26.1. The number of hydrogen-bond acceptors (Lipinski definition) is 2. The lowest BCUT2D eigenvalue weighted by molar-refractivity contribution is -0.00655. The Balaban J connectivity index is 1.57. The summed E-state index contributed by atoms with van der Waals surface area (Å²) in [6, 6.07) is 16.5. The zero-order valence-corrected chi connectivity index (χ0v) is 23.9. The molecule has 0 heterocycles. The minimum atomic E-state index is -0.992. The average Bonchev–Trinajstić information content (AvgIpc) is 2.81. The standard InChI is InChI=1S/C33H39O3Si/c1-32(2,3)28-11-10-27(25-8-6-24-16-26(31(34)35)9-7-23(24)15-25)30(36-37(4)5)29(28)33-17-20-12-21(18-33)14-22(13-20)19-33/h6-11,15-16,20-22H,12-14,17-19H2,1-5H3,(H,34,35). The summed E-state index contributed by atoms with van der Waals surface area (Å²) in [6.07, 6.45) is 8.23. The van der Waals surface area contributed by atoms with Crippen molar-refractivity contribution in [2.75, 3.05) is 0 Å². The van der Waals surface area contributed by atoms with Crippen LogP contribution in [-0.4, -0.2) is 20.1 Å². The molecule has 4 fully saturated rings. The van der Waals surface area contributed by atoms with Crippen LogP contribution >= 0.6 is 0 Å². The van der Waals surface area contributed by atoms with Gasteiger partial charge in [0.05, 0.1) is 5.56 Å². The number of rotatable bonds is 5. The predicted octanol–water partition coefficient (Wildman–Crippen LogP) is 8.60. The van der Waals surface area contributed by atoms with Gasteiger partial charge < -0.3 is 9.53 Å². The van der Waals surface area contributed by atoms with Crippen molar-refractivity contribution in [3.05, 3.63) is 65.2 Å². The third-order valence-electron chi connectivity index (χ3n) is 9.24. The van der Waals surface area contributed by atoms with Crippen molar-refractivity contribution in [3.8, 4) is 16.9 Å². The lowest BCUT2D eigenvalue weighted by atomic mass is 9.47. The van der Waals surface area contributed by atoms with Crippen LogP contribution in [0.3, 0.4) is 0 Å². The summed E-state index contributed by atoms with van der Waals surface area (Å²) in [6.45, 7) is 11.6. The molecule has 4 saturated carbocycles. The van der Waals surface area contributed by atoms with Gasteiger partial charge in [-0.05, 0) is 115 Å². The van der Waals surface area contributed by atoms with E-state index in [4.69, 9.17) is 4.43 Å². The molecule has 0 atom stereocenters. The molecule has 4 aliphatic rings. The van der Waals surface area contributed by atoms with Crippen LogP contribution < -0.4 is 4.43 Å². The van der Waals surface area contributed by atoms with Crippen molar-refractivity contribution in [1.29, 1.82) is 0 Å². The number of carboxylic acids is 1. The predicted molar refractivity (Wildman–Crippen MR) is 153 cm³/mol. The van der Waals surface area contributed by atoms with Crippen LogP contribution in [0.2, 0.25) is 13.1 Å². The van der Waals surface area contributed by atoms with Gasteiger partial charge in [0, 0.05) is 16.5 Å². The molecule has 3 nitrogen and oxygen atoms in total. The molecule has 0 aromatic heterocycles. The maximum Gasteiger partial charge on any atom is 0.335 e. The molecule has 4 bridgehead atoms. The van der Waals surface area contributed by atoms with Gasteiger partial charge in [-0.1, -0.05) is 51.1 Å². The van der Waals surface area contributed by atoms with Crippen molar-refractivity contribution in [2.24, 2.45) is 17.8 Å². The molecule has 0 saturated heterocycles. The summed E-state index contributed by atoms with van der Waals surface area (Å²) in [5, 5.41) is 11.4. The van der Waals surface area contributed by atoms with Gasteiger partial charge in [0.15, 0.2) is 0 Å². The van der Waals surface area contributed by atoms with Crippen LogP contribution in [0, 0.1) is 17.8 Å². The van der Waals surface area contributed by atoms with Crippen LogP contribution in [0.15, 0.2) is 48.5 Å². The highest BCUT2D eigenvalue weighted by atomic mass is 28.3. The maximum absolute atomic E-state index is 11.5. The van der Waals surface area contributed by atoms with Gasteiger partial charge in [-0.2, -0.15) is 0 Å². The molecule has 7 rings (SSSR count). The van der Waals surface area contributed by atoms with Crippen molar-refractivity contribution in [2.45, 2.75) is 83.2 Å². The molecule has 0 unspecified atom stereocenters. The van der Waals surface area contributed by atoms with Gasteiger partial charge in [-0.3, -0.25) is 0 Å². The highest BCUT2D eigenvalue weighted by molar-refractivity contribution is 6.49. The van der Waals surface area contributed by atoms with Crippen LogP contribution in [0.1, 0.15) is 80.8 Å². The molecule has 4 heteroatoms. The average molecular weight is 512 g/mol. The molecule has 0 amide bonds. The largest absolute Gasteiger partial charge is 0.542 e. The normalized spacial score (nSPS) is 26.7. The van der Waals surface area contributed by atoms with E-state index in [-0.39, 0.29) is 10.8 Å².